The van der Waals surface area contributed by atoms with Gasteiger partial charge in [0.05, 0.1) is 17.3 Å². The lowest BCUT2D eigenvalue weighted by Crippen LogP contribution is -2.58. The van der Waals surface area contributed by atoms with E-state index < -0.39 is 11.9 Å². The number of anilines is 1. The summed E-state index contributed by atoms with van der Waals surface area (Å²) in [6, 6.07) is 5.81. The quantitative estimate of drug-likeness (QED) is 0.857. The first kappa shape index (κ1) is 14.3. The molecule has 1 aliphatic rings. The Morgan fingerprint density at radius 1 is 1.55 bits per heavy atom. The number of amides is 1. The van der Waals surface area contributed by atoms with Gasteiger partial charge in [-0.3, -0.25) is 4.79 Å². The maximum Gasteiger partial charge on any atom is 0.246 e. The molecule has 1 amide bonds. The highest BCUT2D eigenvalue weighted by Gasteiger charge is 2.31. The fraction of sp³-hybridized carbons (Fsp3) is 0.429. The van der Waals surface area contributed by atoms with Gasteiger partial charge in [-0.05, 0) is 18.2 Å². The molecule has 0 radical (unpaired) electrons. The van der Waals surface area contributed by atoms with Crippen LogP contribution in [-0.2, 0) is 4.79 Å². The lowest BCUT2D eigenvalue weighted by molar-refractivity contribution is -0.130. The number of hydrogen-bond acceptors (Lipinski definition) is 4. The van der Waals surface area contributed by atoms with Gasteiger partial charge in [-0.15, -0.1) is 0 Å². The number of nitriles is 1. The predicted octanol–water partition coefficient (Wildman–Crippen LogP) is 0.564. The molecule has 1 heterocycles. The van der Waals surface area contributed by atoms with Gasteiger partial charge in [0, 0.05) is 33.7 Å². The molecule has 1 aromatic rings. The van der Waals surface area contributed by atoms with E-state index in [1.54, 1.807) is 31.1 Å². The van der Waals surface area contributed by atoms with E-state index in [4.69, 9.17) is 5.26 Å². The Kier molecular flexibility index (Phi) is 4.20. The van der Waals surface area contributed by atoms with Crippen LogP contribution in [0, 0.1) is 17.1 Å². The van der Waals surface area contributed by atoms with Crippen LogP contribution in [0.15, 0.2) is 18.2 Å². The Morgan fingerprint density at radius 2 is 2.30 bits per heavy atom. The minimum absolute atomic E-state index is 0.0686. The van der Waals surface area contributed by atoms with Gasteiger partial charge in [-0.2, -0.15) is 5.26 Å². The number of benzene rings is 1. The molecule has 6 heteroatoms. The van der Waals surface area contributed by atoms with Crippen molar-refractivity contribution in [3.8, 4) is 6.07 Å². The van der Waals surface area contributed by atoms with Crippen LogP contribution in [0.2, 0.25) is 0 Å². The zero-order chi connectivity index (χ0) is 14.7. The SMILES string of the molecule is CN(C)C(=O)C1CNCCN1c1ccc(C#N)cc1F. The van der Waals surface area contributed by atoms with E-state index in [0.29, 0.717) is 25.3 Å². The van der Waals surface area contributed by atoms with Crippen molar-refractivity contribution < 1.29 is 9.18 Å². The van der Waals surface area contributed by atoms with Crippen LogP contribution in [0.25, 0.3) is 0 Å². The van der Waals surface area contributed by atoms with Crippen molar-refractivity contribution in [1.82, 2.24) is 10.2 Å². The first-order chi connectivity index (χ1) is 9.54. The molecule has 0 bridgehead atoms. The van der Waals surface area contributed by atoms with Crippen LogP contribution in [0.1, 0.15) is 5.56 Å². The predicted molar refractivity (Wildman–Crippen MR) is 73.8 cm³/mol. The number of nitrogens with zero attached hydrogens (tertiary/aromatic N) is 3. The molecule has 1 saturated heterocycles. The van der Waals surface area contributed by atoms with Gasteiger partial charge in [0.25, 0.3) is 0 Å². The van der Waals surface area contributed by atoms with Crippen LogP contribution >= 0.6 is 0 Å². The van der Waals surface area contributed by atoms with Crippen molar-refractivity contribution in [3.05, 3.63) is 29.6 Å². The number of likely N-dealkylation sites (N-methyl/N-ethyl adjacent to an activating group) is 1. The lowest BCUT2D eigenvalue weighted by atomic mass is 10.1. The standard InChI is InChI=1S/C14H17FN4O/c1-18(2)14(20)13-9-17-5-6-19(13)12-4-3-10(8-16)7-11(12)15/h3-4,7,13,17H,5-6,9H2,1-2H3. The highest BCUT2D eigenvalue weighted by molar-refractivity contribution is 5.85. The summed E-state index contributed by atoms with van der Waals surface area (Å²) in [5.74, 6) is -0.538. The van der Waals surface area contributed by atoms with Crippen molar-refractivity contribution in [2.24, 2.45) is 0 Å². The third kappa shape index (κ3) is 2.73. The molecule has 1 fully saturated rings. The molecule has 2 rings (SSSR count). The molecular formula is C14H17FN4O. The number of halogens is 1. The number of carbonyl (C=O) groups excluding carboxylic acids is 1. The summed E-state index contributed by atoms with van der Waals surface area (Å²) in [6.45, 7) is 1.72. The molecule has 1 N–H and O–H groups in total. The maximum absolute atomic E-state index is 14.1. The summed E-state index contributed by atoms with van der Waals surface area (Å²) in [7, 11) is 3.37. The molecule has 1 aliphatic heterocycles. The van der Waals surface area contributed by atoms with Gasteiger partial charge in [0.15, 0.2) is 0 Å². The molecule has 1 atom stereocenters. The van der Waals surface area contributed by atoms with Gasteiger partial charge >= 0.3 is 0 Å². The van der Waals surface area contributed by atoms with E-state index in [1.165, 1.54) is 11.0 Å². The Bertz CT molecular complexity index is 553. The number of nitrogens with one attached hydrogen (secondary N) is 1. The van der Waals surface area contributed by atoms with Crippen molar-refractivity contribution in [2.75, 3.05) is 38.6 Å². The summed E-state index contributed by atoms with van der Waals surface area (Å²) in [6.07, 6.45) is 0. The van der Waals surface area contributed by atoms with Crippen molar-refractivity contribution in [1.29, 1.82) is 5.26 Å². The van der Waals surface area contributed by atoms with E-state index in [0.717, 1.165) is 0 Å². The van der Waals surface area contributed by atoms with Crippen LogP contribution in [0.4, 0.5) is 10.1 Å². The van der Waals surface area contributed by atoms with Crippen molar-refractivity contribution in [3.63, 3.8) is 0 Å². The zero-order valence-corrected chi connectivity index (χ0v) is 11.6. The summed E-state index contributed by atoms with van der Waals surface area (Å²) >= 11 is 0. The fourth-order valence-corrected chi connectivity index (χ4v) is 2.32. The summed E-state index contributed by atoms with van der Waals surface area (Å²) in [4.78, 5) is 15.5. The monoisotopic (exact) mass is 276 g/mol. The van der Waals surface area contributed by atoms with Gasteiger partial charge in [-0.25, -0.2) is 4.39 Å². The topological polar surface area (TPSA) is 59.4 Å². The first-order valence-corrected chi connectivity index (χ1v) is 6.42. The molecule has 0 saturated carbocycles. The second kappa shape index (κ2) is 5.88. The van der Waals surface area contributed by atoms with E-state index in [2.05, 4.69) is 5.32 Å². The minimum Gasteiger partial charge on any atom is -0.355 e. The van der Waals surface area contributed by atoms with Gasteiger partial charge < -0.3 is 15.1 Å². The number of carbonyl (C=O) groups is 1. The lowest BCUT2D eigenvalue weighted by Gasteiger charge is -2.38. The highest BCUT2D eigenvalue weighted by Crippen LogP contribution is 2.24. The minimum atomic E-state index is -0.470. The van der Waals surface area contributed by atoms with Crippen molar-refractivity contribution in [2.45, 2.75) is 6.04 Å². The Labute approximate surface area is 117 Å². The Balaban J connectivity index is 2.33. The molecular weight excluding hydrogens is 259 g/mol. The smallest absolute Gasteiger partial charge is 0.246 e. The van der Waals surface area contributed by atoms with Crippen LogP contribution in [0.3, 0.4) is 0 Å². The van der Waals surface area contributed by atoms with Crippen LogP contribution < -0.4 is 10.2 Å². The van der Waals surface area contributed by atoms with Gasteiger partial charge in [-0.1, -0.05) is 0 Å². The molecule has 106 valence electrons. The summed E-state index contributed by atoms with van der Waals surface area (Å²) in [5, 5.41) is 11.9. The maximum atomic E-state index is 14.1. The molecule has 0 aliphatic carbocycles. The van der Waals surface area contributed by atoms with E-state index in [1.807, 2.05) is 6.07 Å². The molecule has 0 aromatic heterocycles. The second-order valence-electron chi connectivity index (χ2n) is 4.92. The fourth-order valence-electron chi connectivity index (χ4n) is 2.32. The Morgan fingerprint density at radius 3 is 2.90 bits per heavy atom. The first-order valence-electron chi connectivity index (χ1n) is 6.42. The summed E-state index contributed by atoms with van der Waals surface area (Å²) in [5.41, 5.74) is 0.641. The van der Waals surface area contributed by atoms with Gasteiger partial charge in [0.2, 0.25) is 5.91 Å². The molecule has 0 spiro atoms. The van der Waals surface area contributed by atoms with Crippen molar-refractivity contribution >= 4 is 11.6 Å². The van der Waals surface area contributed by atoms with Crippen LogP contribution in [-0.4, -0.2) is 50.6 Å². The third-order valence-electron chi connectivity index (χ3n) is 3.36. The number of rotatable bonds is 2. The highest BCUT2D eigenvalue weighted by atomic mass is 19.1. The average molecular weight is 276 g/mol. The molecule has 20 heavy (non-hydrogen) atoms. The zero-order valence-electron chi connectivity index (χ0n) is 11.6. The number of hydrogen-bond donors (Lipinski definition) is 1. The van der Waals surface area contributed by atoms with E-state index in [9.17, 15) is 9.18 Å². The Hall–Kier alpha value is -2.13. The largest absolute Gasteiger partial charge is 0.355 e. The third-order valence-corrected chi connectivity index (χ3v) is 3.36. The number of piperazine rings is 1. The average Bonchev–Trinajstić information content (AvgIpc) is 2.46. The van der Waals surface area contributed by atoms with E-state index in [-0.39, 0.29) is 11.5 Å². The molecule has 1 unspecified atom stereocenters. The van der Waals surface area contributed by atoms with Gasteiger partial charge in [0.1, 0.15) is 11.9 Å². The normalized spacial score (nSPS) is 18.5. The van der Waals surface area contributed by atoms with E-state index >= 15 is 0 Å². The second-order valence-corrected chi connectivity index (χ2v) is 4.92. The molecule has 5 nitrogen and oxygen atoms in total. The van der Waals surface area contributed by atoms with Crippen LogP contribution in [0.5, 0.6) is 0 Å². The molecule has 1 aromatic carbocycles. The summed E-state index contributed by atoms with van der Waals surface area (Å²) < 4.78 is 14.1.